The van der Waals surface area contributed by atoms with Gasteiger partial charge in [0.2, 0.25) is 5.91 Å². The molecule has 3 N–H and O–H groups in total. The van der Waals surface area contributed by atoms with Gasteiger partial charge in [0.15, 0.2) is 0 Å². The van der Waals surface area contributed by atoms with Crippen molar-refractivity contribution in [2.75, 3.05) is 20.1 Å². The van der Waals surface area contributed by atoms with Crippen LogP contribution in [0, 0.1) is 0 Å². The molecule has 1 aliphatic heterocycles. The first-order valence-corrected chi connectivity index (χ1v) is 7.66. The summed E-state index contributed by atoms with van der Waals surface area (Å²) < 4.78 is 0. The molecule has 22 heavy (non-hydrogen) atoms. The van der Waals surface area contributed by atoms with Gasteiger partial charge in [-0.3, -0.25) is 9.59 Å². The van der Waals surface area contributed by atoms with E-state index >= 15 is 0 Å². The summed E-state index contributed by atoms with van der Waals surface area (Å²) in [6.07, 6.45) is 6.52. The molecule has 1 aliphatic rings. The molecule has 0 spiro atoms. The van der Waals surface area contributed by atoms with E-state index in [1.807, 2.05) is 17.0 Å². The van der Waals surface area contributed by atoms with Crippen molar-refractivity contribution in [2.45, 2.75) is 25.3 Å². The number of nitrogens with zero attached hydrogens (tertiary/aromatic N) is 1. The number of carbonyl (C=O) groups is 2. The van der Waals surface area contributed by atoms with Crippen molar-refractivity contribution in [1.29, 1.82) is 0 Å². The highest BCUT2D eigenvalue weighted by molar-refractivity contribution is 5.95. The number of benzene rings is 1. The molecule has 118 valence electrons. The molecule has 2 rings (SSSR count). The van der Waals surface area contributed by atoms with Crippen molar-refractivity contribution in [2.24, 2.45) is 5.73 Å². The molecular weight excluding hydrogens is 278 g/mol. The van der Waals surface area contributed by atoms with Crippen LogP contribution in [0.2, 0.25) is 0 Å². The van der Waals surface area contributed by atoms with Gasteiger partial charge < -0.3 is 16.0 Å². The summed E-state index contributed by atoms with van der Waals surface area (Å²) in [5.74, 6) is -0.115. The van der Waals surface area contributed by atoms with Crippen LogP contribution < -0.4 is 11.1 Å². The average Bonchev–Trinajstić information content (AvgIpc) is 2.59. The monoisotopic (exact) mass is 301 g/mol. The maximum Gasteiger partial charge on any atom is 0.251 e. The summed E-state index contributed by atoms with van der Waals surface area (Å²) in [6.45, 7) is 1.29. The Morgan fingerprint density at radius 2 is 2.05 bits per heavy atom. The molecule has 1 atom stereocenters. The van der Waals surface area contributed by atoms with E-state index < -0.39 is 0 Å². The zero-order chi connectivity index (χ0) is 15.9. The van der Waals surface area contributed by atoms with Crippen LogP contribution in [-0.4, -0.2) is 42.9 Å². The minimum absolute atomic E-state index is 0.00512. The second-order valence-corrected chi connectivity index (χ2v) is 5.45. The van der Waals surface area contributed by atoms with Crippen molar-refractivity contribution >= 4 is 17.9 Å². The Labute approximate surface area is 131 Å². The van der Waals surface area contributed by atoms with Gasteiger partial charge in [-0.15, -0.1) is 0 Å². The van der Waals surface area contributed by atoms with Crippen LogP contribution in [0.25, 0.3) is 6.08 Å². The fourth-order valence-electron chi connectivity index (χ4n) is 2.69. The standard InChI is InChI=1S/C17H23N3O2/c1-19-17(22)14-8-5-13(6-9-14)7-10-16(21)20-11-3-2-4-15(20)12-18/h5-10,15H,2-4,11-12,18H2,1H3,(H,19,22). The highest BCUT2D eigenvalue weighted by Crippen LogP contribution is 2.17. The molecule has 0 aliphatic carbocycles. The molecule has 2 amide bonds. The van der Waals surface area contributed by atoms with Gasteiger partial charge in [0.25, 0.3) is 5.91 Å². The molecule has 5 heteroatoms. The normalized spacial score (nSPS) is 18.5. The lowest BCUT2D eigenvalue weighted by atomic mass is 10.0. The number of nitrogens with two attached hydrogens (primary N) is 1. The number of amides is 2. The molecule has 0 bridgehead atoms. The third-order valence-corrected chi connectivity index (χ3v) is 4.00. The van der Waals surface area contributed by atoms with Crippen LogP contribution in [-0.2, 0) is 4.79 Å². The first-order chi connectivity index (χ1) is 10.7. The van der Waals surface area contributed by atoms with E-state index in [0.29, 0.717) is 12.1 Å². The molecule has 1 aromatic rings. The van der Waals surface area contributed by atoms with Gasteiger partial charge in [0.05, 0.1) is 0 Å². The highest BCUT2D eigenvalue weighted by Gasteiger charge is 2.23. The van der Waals surface area contributed by atoms with Gasteiger partial charge in [-0.05, 0) is 43.0 Å². The van der Waals surface area contributed by atoms with E-state index in [4.69, 9.17) is 5.73 Å². The minimum Gasteiger partial charge on any atom is -0.355 e. The maximum atomic E-state index is 12.3. The fraction of sp³-hybridized carbons (Fsp3) is 0.412. The molecule has 1 aromatic carbocycles. The van der Waals surface area contributed by atoms with Crippen molar-refractivity contribution < 1.29 is 9.59 Å². The summed E-state index contributed by atoms with van der Waals surface area (Å²) in [7, 11) is 1.60. The predicted octanol–water partition coefficient (Wildman–Crippen LogP) is 1.40. The molecule has 1 saturated heterocycles. The second kappa shape index (κ2) is 7.75. The Balaban J connectivity index is 2.01. The Kier molecular flexibility index (Phi) is 5.72. The Hall–Kier alpha value is -2.14. The number of rotatable bonds is 4. The van der Waals surface area contributed by atoms with E-state index in [0.717, 1.165) is 31.4 Å². The van der Waals surface area contributed by atoms with Gasteiger partial charge in [-0.25, -0.2) is 0 Å². The third-order valence-electron chi connectivity index (χ3n) is 4.00. The molecule has 5 nitrogen and oxygen atoms in total. The topological polar surface area (TPSA) is 75.4 Å². The summed E-state index contributed by atoms with van der Waals surface area (Å²) in [6, 6.07) is 7.29. The smallest absolute Gasteiger partial charge is 0.251 e. The highest BCUT2D eigenvalue weighted by atomic mass is 16.2. The Morgan fingerprint density at radius 3 is 2.68 bits per heavy atom. The van der Waals surface area contributed by atoms with Crippen LogP contribution in [0.1, 0.15) is 35.2 Å². The van der Waals surface area contributed by atoms with Crippen molar-refractivity contribution in [3.63, 3.8) is 0 Å². The van der Waals surface area contributed by atoms with Gasteiger partial charge in [0, 0.05) is 37.8 Å². The van der Waals surface area contributed by atoms with Crippen LogP contribution in [0.5, 0.6) is 0 Å². The summed E-state index contributed by atoms with van der Waals surface area (Å²) in [4.78, 5) is 25.6. The third kappa shape index (κ3) is 3.95. The minimum atomic E-state index is -0.120. The number of nitrogens with one attached hydrogen (secondary N) is 1. The molecule has 1 fully saturated rings. The van der Waals surface area contributed by atoms with E-state index in [1.165, 1.54) is 0 Å². The molecular formula is C17H23N3O2. The largest absolute Gasteiger partial charge is 0.355 e. The van der Waals surface area contributed by atoms with Crippen molar-refractivity contribution in [3.05, 3.63) is 41.5 Å². The summed E-state index contributed by atoms with van der Waals surface area (Å²) >= 11 is 0. The lowest BCUT2D eigenvalue weighted by molar-refractivity contribution is -0.129. The first-order valence-electron chi connectivity index (χ1n) is 7.66. The van der Waals surface area contributed by atoms with Crippen molar-refractivity contribution in [3.8, 4) is 0 Å². The first kappa shape index (κ1) is 16.2. The SMILES string of the molecule is CNC(=O)c1ccc(C=CC(=O)N2CCCCC2CN)cc1. The van der Waals surface area contributed by atoms with Gasteiger partial charge >= 0.3 is 0 Å². The van der Waals surface area contributed by atoms with E-state index in [9.17, 15) is 9.59 Å². The number of hydrogen-bond acceptors (Lipinski definition) is 3. The summed E-state index contributed by atoms with van der Waals surface area (Å²) in [5.41, 5.74) is 7.23. The number of hydrogen-bond donors (Lipinski definition) is 2. The molecule has 0 saturated carbocycles. The van der Waals surface area contributed by atoms with Crippen LogP contribution in [0.15, 0.2) is 30.3 Å². The van der Waals surface area contributed by atoms with Gasteiger partial charge in [0.1, 0.15) is 0 Å². The quantitative estimate of drug-likeness (QED) is 0.825. The predicted molar refractivity (Wildman–Crippen MR) is 87.3 cm³/mol. The summed E-state index contributed by atoms with van der Waals surface area (Å²) in [5, 5.41) is 2.58. The number of likely N-dealkylation sites (tertiary alicyclic amines) is 1. The van der Waals surface area contributed by atoms with Crippen molar-refractivity contribution in [1.82, 2.24) is 10.2 Å². The average molecular weight is 301 g/mol. The Bertz CT molecular complexity index is 552. The van der Waals surface area contributed by atoms with Crippen LogP contribution in [0.4, 0.5) is 0 Å². The zero-order valence-electron chi connectivity index (χ0n) is 12.9. The molecule has 0 radical (unpaired) electrons. The molecule has 1 unspecified atom stereocenters. The molecule has 0 aromatic heterocycles. The van der Waals surface area contributed by atoms with E-state index in [-0.39, 0.29) is 17.9 Å². The zero-order valence-corrected chi connectivity index (χ0v) is 12.9. The van der Waals surface area contributed by atoms with Crippen LogP contribution in [0.3, 0.4) is 0 Å². The van der Waals surface area contributed by atoms with E-state index in [2.05, 4.69) is 5.32 Å². The number of carbonyl (C=O) groups excluding carboxylic acids is 2. The lowest BCUT2D eigenvalue weighted by Gasteiger charge is -2.34. The Morgan fingerprint density at radius 1 is 1.32 bits per heavy atom. The lowest BCUT2D eigenvalue weighted by Crippen LogP contribution is -2.46. The second-order valence-electron chi connectivity index (χ2n) is 5.45. The van der Waals surface area contributed by atoms with E-state index in [1.54, 1.807) is 31.3 Å². The fourth-order valence-corrected chi connectivity index (χ4v) is 2.69. The molecule has 1 heterocycles. The van der Waals surface area contributed by atoms with Gasteiger partial charge in [-0.1, -0.05) is 12.1 Å². The van der Waals surface area contributed by atoms with Crippen LogP contribution >= 0.6 is 0 Å². The maximum absolute atomic E-state index is 12.3. The van der Waals surface area contributed by atoms with Gasteiger partial charge in [-0.2, -0.15) is 0 Å². The number of piperidine rings is 1.